The lowest BCUT2D eigenvalue weighted by Crippen LogP contribution is -2.30. The number of benzene rings is 1. The van der Waals surface area contributed by atoms with E-state index in [-0.39, 0.29) is 12.1 Å². The van der Waals surface area contributed by atoms with E-state index in [0.29, 0.717) is 16.3 Å². The van der Waals surface area contributed by atoms with Gasteiger partial charge >= 0.3 is 6.03 Å². The van der Waals surface area contributed by atoms with E-state index in [2.05, 4.69) is 10.6 Å². The molecule has 1 aromatic carbocycles. The molecule has 0 aliphatic heterocycles. The number of thiophene rings is 1. The number of amides is 2. The third kappa shape index (κ3) is 3.50. The van der Waals surface area contributed by atoms with Crippen molar-refractivity contribution in [3.63, 3.8) is 0 Å². The van der Waals surface area contributed by atoms with Gasteiger partial charge in [0.05, 0.1) is 16.6 Å². The molecule has 1 unspecified atom stereocenters. The summed E-state index contributed by atoms with van der Waals surface area (Å²) in [6.07, 6.45) is 0. The number of nitriles is 1. The average molecular weight is 306 g/mol. The highest BCUT2D eigenvalue weighted by atomic mass is 35.5. The molecule has 0 saturated carbocycles. The molecular weight excluding hydrogens is 294 g/mol. The van der Waals surface area contributed by atoms with Crippen LogP contribution in [0.5, 0.6) is 0 Å². The van der Waals surface area contributed by atoms with Crippen LogP contribution < -0.4 is 10.6 Å². The minimum absolute atomic E-state index is 0.0659. The van der Waals surface area contributed by atoms with Crippen LogP contribution in [0.1, 0.15) is 23.4 Å². The van der Waals surface area contributed by atoms with Gasteiger partial charge in [0.25, 0.3) is 0 Å². The molecule has 0 aliphatic carbocycles. The standard InChI is InChI=1S/C14H12ClN3OS/c1-9(13-3-2-6-20-13)17-14(19)18-11-5-4-10(8-16)12(15)7-11/h2-7,9H,1H3,(H2,17,18,19). The van der Waals surface area contributed by atoms with Crippen molar-refractivity contribution in [2.75, 3.05) is 5.32 Å². The number of nitrogens with zero attached hydrogens (tertiary/aromatic N) is 1. The van der Waals surface area contributed by atoms with E-state index in [9.17, 15) is 4.79 Å². The van der Waals surface area contributed by atoms with E-state index >= 15 is 0 Å². The van der Waals surface area contributed by atoms with Crippen molar-refractivity contribution in [3.8, 4) is 6.07 Å². The number of carbonyl (C=O) groups excluding carboxylic acids is 1. The van der Waals surface area contributed by atoms with Crippen LogP contribution in [0.3, 0.4) is 0 Å². The van der Waals surface area contributed by atoms with Gasteiger partial charge in [0, 0.05) is 10.6 Å². The number of rotatable bonds is 3. The van der Waals surface area contributed by atoms with Crippen molar-refractivity contribution >= 4 is 34.7 Å². The lowest BCUT2D eigenvalue weighted by atomic mass is 10.2. The first-order valence-corrected chi connectivity index (χ1v) is 7.16. The van der Waals surface area contributed by atoms with Gasteiger partial charge < -0.3 is 10.6 Å². The Balaban J connectivity index is 1.98. The van der Waals surface area contributed by atoms with Crippen LogP contribution in [-0.4, -0.2) is 6.03 Å². The number of anilines is 1. The summed E-state index contributed by atoms with van der Waals surface area (Å²) in [4.78, 5) is 12.9. The maximum absolute atomic E-state index is 11.9. The molecule has 6 heteroatoms. The third-order valence-corrected chi connectivity index (χ3v) is 4.03. The highest BCUT2D eigenvalue weighted by Crippen LogP contribution is 2.21. The predicted octanol–water partition coefficient (Wildman–Crippen LogP) is 4.16. The first-order chi connectivity index (χ1) is 9.60. The second-order valence-corrected chi connectivity index (χ2v) is 5.53. The molecule has 2 rings (SSSR count). The Kier molecular flexibility index (Phi) is 4.61. The van der Waals surface area contributed by atoms with Crippen LogP contribution >= 0.6 is 22.9 Å². The van der Waals surface area contributed by atoms with Gasteiger partial charge in [0.1, 0.15) is 6.07 Å². The number of carbonyl (C=O) groups is 1. The van der Waals surface area contributed by atoms with Gasteiger partial charge in [-0.15, -0.1) is 11.3 Å². The number of halogens is 1. The Morgan fingerprint density at radius 1 is 1.45 bits per heavy atom. The van der Waals surface area contributed by atoms with Crippen molar-refractivity contribution in [2.24, 2.45) is 0 Å². The van der Waals surface area contributed by atoms with Gasteiger partial charge in [-0.1, -0.05) is 17.7 Å². The van der Waals surface area contributed by atoms with Crippen LogP contribution in [0.15, 0.2) is 35.7 Å². The second-order valence-electron chi connectivity index (χ2n) is 4.14. The SMILES string of the molecule is CC(NC(=O)Nc1ccc(C#N)c(Cl)c1)c1cccs1. The molecule has 102 valence electrons. The van der Waals surface area contributed by atoms with Crippen molar-refractivity contribution in [1.29, 1.82) is 5.26 Å². The quantitative estimate of drug-likeness (QED) is 0.894. The van der Waals surface area contributed by atoms with Gasteiger partial charge in [-0.05, 0) is 36.6 Å². The molecule has 20 heavy (non-hydrogen) atoms. The molecule has 1 aromatic heterocycles. The fourth-order valence-corrected chi connectivity index (χ4v) is 2.61. The zero-order valence-electron chi connectivity index (χ0n) is 10.7. The molecule has 0 radical (unpaired) electrons. The van der Waals surface area contributed by atoms with Crippen molar-refractivity contribution in [3.05, 3.63) is 51.2 Å². The summed E-state index contributed by atoms with van der Waals surface area (Å²) in [7, 11) is 0. The molecule has 1 atom stereocenters. The minimum atomic E-state index is -0.313. The Morgan fingerprint density at radius 3 is 2.85 bits per heavy atom. The number of hydrogen-bond acceptors (Lipinski definition) is 3. The molecule has 1 heterocycles. The van der Waals surface area contributed by atoms with E-state index in [1.165, 1.54) is 0 Å². The lowest BCUT2D eigenvalue weighted by Gasteiger charge is -2.13. The van der Waals surface area contributed by atoms with Gasteiger partial charge in [0.2, 0.25) is 0 Å². The highest BCUT2D eigenvalue weighted by Gasteiger charge is 2.10. The summed E-state index contributed by atoms with van der Waals surface area (Å²) < 4.78 is 0. The minimum Gasteiger partial charge on any atom is -0.331 e. The second kappa shape index (κ2) is 6.42. The number of nitrogens with one attached hydrogen (secondary N) is 2. The van der Waals surface area contributed by atoms with Crippen LogP contribution in [0.4, 0.5) is 10.5 Å². The van der Waals surface area contributed by atoms with Crippen LogP contribution in [-0.2, 0) is 0 Å². The zero-order valence-corrected chi connectivity index (χ0v) is 12.3. The summed E-state index contributed by atoms with van der Waals surface area (Å²) in [5.74, 6) is 0. The zero-order chi connectivity index (χ0) is 14.5. The number of hydrogen-bond donors (Lipinski definition) is 2. The molecule has 0 bridgehead atoms. The molecular formula is C14H12ClN3OS. The Bertz CT molecular complexity index is 649. The smallest absolute Gasteiger partial charge is 0.319 e. The summed E-state index contributed by atoms with van der Waals surface area (Å²) in [6.45, 7) is 1.91. The van der Waals surface area contributed by atoms with E-state index in [0.717, 1.165) is 4.88 Å². The highest BCUT2D eigenvalue weighted by molar-refractivity contribution is 7.10. The topological polar surface area (TPSA) is 64.9 Å². The molecule has 0 fully saturated rings. The van der Waals surface area contributed by atoms with Crippen molar-refractivity contribution < 1.29 is 4.79 Å². The van der Waals surface area contributed by atoms with E-state index in [1.807, 2.05) is 30.5 Å². The molecule has 2 aromatic rings. The first kappa shape index (κ1) is 14.4. The van der Waals surface area contributed by atoms with Gasteiger partial charge in [0.15, 0.2) is 0 Å². The van der Waals surface area contributed by atoms with Crippen molar-refractivity contribution in [1.82, 2.24) is 5.32 Å². The summed E-state index contributed by atoms with van der Waals surface area (Å²) in [5, 5.41) is 16.6. The summed E-state index contributed by atoms with van der Waals surface area (Å²) in [5.41, 5.74) is 0.925. The number of urea groups is 1. The predicted molar refractivity (Wildman–Crippen MR) is 81.1 cm³/mol. The fraction of sp³-hybridized carbons (Fsp3) is 0.143. The molecule has 2 amide bonds. The molecule has 0 aliphatic rings. The maximum Gasteiger partial charge on any atom is 0.319 e. The molecule has 4 nitrogen and oxygen atoms in total. The monoisotopic (exact) mass is 305 g/mol. The Morgan fingerprint density at radius 2 is 2.25 bits per heavy atom. The first-order valence-electron chi connectivity index (χ1n) is 5.90. The maximum atomic E-state index is 11.9. The Labute approximate surface area is 126 Å². The van der Waals surface area contributed by atoms with Gasteiger partial charge in [-0.25, -0.2) is 4.79 Å². The fourth-order valence-electron chi connectivity index (χ4n) is 1.66. The largest absolute Gasteiger partial charge is 0.331 e. The third-order valence-electron chi connectivity index (χ3n) is 2.66. The van der Waals surface area contributed by atoms with Crippen LogP contribution in [0.25, 0.3) is 0 Å². The summed E-state index contributed by atoms with van der Waals surface area (Å²) in [6, 6.07) is 10.3. The van der Waals surface area contributed by atoms with Gasteiger partial charge in [-0.3, -0.25) is 0 Å². The lowest BCUT2D eigenvalue weighted by molar-refractivity contribution is 0.249. The normalized spacial score (nSPS) is 11.4. The van der Waals surface area contributed by atoms with E-state index < -0.39 is 0 Å². The summed E-state index contributed by atoms with van der Waals surface area (Å²) >= 11 is 7.49. The molecule has 0 saturated heterocycles. The van der Waals surface area contributed by atoms with E-state index in [4.69, 9.17) is 16.9 Å². The van der Waals surface area contributed by atoms with Gasteiger partial charge in [-0.2, -0.15) is 5.26 Å². The van der Waals surface area contributed by atoms with E-state index in [1.54, 1.807) is 29.5 Å². The molecule has 2 N–H and O–H groups in total. The Hall–Kier alpha value is -2.03. The van der Waals surface area contributed by atoms with Crippen molar-refractivity contribution in [2.45, 2.75) is 13.0 Å². The molecule has 0 spiro atoms. The van der Waals surface area contributed by atoms with Crippen LogP contribution in [0.2, 0.25) is 5.02 Å². The average Bonchev–Trinajstić information content (AvgIpc) is 2.92. The van der Waals surface area contributed by atoms with Crippen LogP contribution in [0, 0.1) is 11.3 Å².